The Morgan fingerprint density at radius 3 is 2.37 bits per heavy atom. The van der Waals surface area contributed by atoms with E-state index in [-0.39, 0.29) is 24.8 Å². The number of fused-ring (bicyclic) bond motifs is 1. The van der Waals surface area contributed by atoms with Crippen molar-refractivity contribution in [1.82, 2.24) is 10.6 Å². The second kappa shape index (κ2) is 8.63. The van der Waals surface area contributed by atoms with Crippen LogP contribution in [0.25, 0.3) is 10.8 Å². The SMILES string of the molecule is N#Cc1ccc(CNC(=O)CNC(=O)Cc2cccc3ccccc23)cc1. The van der Waals surface area contributed by atoms with Gasteiger partial charge in [0.25, 0.3) is 0 Å². The summed E-state index contributed by atoms with van der Waals surface area (Å²) in [5.41, 5.74) is 2.40. The van der Waals surface area contributed by atoms with Gasteiger partial charge in [-0.05, 0) is 34.0 Å². The number of nitrogens with one attached hydrogen (secondary N) is 2. The largest absolute Gasteiger partial charge is 0.350 e. The van der Waals surface area contributed by atoms with Crippen LogP contribution in [0.15, 0.2) is 66.7 Å². The zero-order valence-electron chi connectivity index (χ0n) is 14.7. The molecule has 2 amide bonds. The summed E-state index contributed by atoms with van der Waals surface area (Å²) in [5.74, 6) is -0.453. The third-order valence-electron chi connectivity index (χ3n) is 4.25. The fourth-order valence-electron chi connectivity index (χ4n) is 2.82. The van der Waals surface area contributed by atoms with E-state index >= 15 is 0 Å². The summed E-state index contributed by atoms with van der Waals surface area (Å²) in [7, 11) is 0. The van der Waals surface area contributed by atoms with Crippen LogP contribution in [0.3, 0.4) is 0 Å². The predicted molar refractivity (Wildman–Crippen MR) is 104 cm³/mol. The van der Waals surface area contributed by atoms with Crippen molar-refractivity contribution in [3.8, 4) is 6.07 Å². The van der Waals surface area contributed by atoms with Crippen molar-refractivity contribution in [2.75, 3.05) is 6.54 Å². The van der Waals surface area contributed by atoms with Crippen molar-refractivity contribution >= 4 is 22.6 Å². The van der Waals surface area contributed by atoms with Crippen LogP contribution in [-0.4, -0.2) is 18.4 Å². The molecule has 0 atom stereocenters. The molecular formula is C22H19N3O2. The first kappa shape index (κ1) is 18.2. The number of amides is 2. The van der Waals surface area contributed by atoms with Crippen molar-refractivity contribution in [2.24, 2.45) is 0 Å². The molecule has 2 N–H and O–H groups in total. The van der Waals surface area contributed by atoms with Crippen molar-refractivity contribution in [2.45, 2.75) is 13.0 Å². The normalized spacial score (nSPS) is 10.2. The maximum Gasteiger partial charge on any atom is 0.239 e. The zero-order chi connectivity index (χ0) is 19.1. The molecule has 0 aliphatic carbocycles. The molecule has 5 nitrogen and oxygen atoms in total. The fourth-order valence-corrected chi connectivity index (χ4v) is 2.82. The summed E-state index contributed by atoms with van der Waals surface area (Å²) in [5, 5.41) is 16.3. The van der Waals surface area contributed by atoms with Gasteiger partial charge in [0.1, 0.15) is 0 Å². The minimum atomic E-state index is -0.259. The molecule has 5 heteroatoms. The summed E-state index contributed by atoms with van der Waals surface area (Å²) >= 11 is 0. The number of nitriles is 1. The van der Waals surface area contributed by atoms with Crippen molar-refractivity contribution < 1.29 is 9.59 Å². The minimum absolute atomic E-state index is 0.0696. The van der Waals surface area contributed by atoms with E-state index in [4.69, 9.17) is 5.26 Å². The number of rotatable bonds is 6. The Morgan fingerprint density at radius 2 is 1.59 bits per heavy atom. The Hall–Kier alpha value is -3.65. The molecule has 0 aliphatic heterocycles. The van der Waals surface area contributed by atoms with Crippen molar-refractivity contribution in [3.05, 3.63) is 83.4 Å². The quantitative estimate of drug-likeness (QED) is 0.712. The van der Waals surface area contributed by atoms with Gasteiger partial charge in [-0.25, -0.2) is 0 Å². The van der Waals surface area contributed by atoms with Gasteiger partial charge in [0.05, 0.1) is 24.6 Å². The highest BCUT2D eigenvalue weighted by atomic mass is 16.2. The average molecular weight is 357 g/mol. The third-order valence-corrected chi connectivity index (χ3v) is 4.25. The van der Waals surface area contributed by atoms with Gasteiger partial charge in [-0.2, -0.15) is 5.26 Å². The topological polar surface area (TPSA) is 82.0 Å². The number of benzene rings is 3. The predicted octanol–water partition coefficient (Wildman–Crippen LogP) is 2.69. The Balaban J connectivity index is 1.48. The molecule has 0 spiro atoms. The minimum Gasteiger partial charge on any atom is -0.350 e. The number of carbonyl (C=O) groups excluding carboxylic acids is 2. The summed E-state index contributed by atoms with van der Waals surface area (Å²) in [6.45, 7) is 0.281. The van der Waals surface area contributed by atoms with Gasteiger partial charge in [0.15, 0.2) is 0 Å². The van der Waals surface area contributed by atoms with Crippen LogP contribution in [0, 0.1) is 11.3 Å². The lowest BCUT2D eigenvalue weighted by molar-refractivity contribution is -0.125. The monoisotopic (exact) mass is 357 g/mol. The van der Waals surface area contributed by atoms with Crippen LogP contribution in [0.4, 0.5) is 0 Å². The van der Waals surface area contributed by atoms with Gasteiger partial charge >= 0.3 is 0 Å². The smallest absolute Gasteiger partial charge is 0.239 e. The lowest BCUT2D eigenvalue weighted by atomic mass is 10.0. The lowest BCUT2D eigenvalue weighted by Gasteiger charge is -2.09. The first-order chi connectivity index (χ1) is 13.2. The van der Waals surface area contributed by atoms with Gasteiger partial charge in [0.2, 0.25) is 11.8 Å². The molecule has 134 valence electrons. The van der Waals surface area contributed by atoms with Crippen LogP contribution in [0.1, 0.15) is 16.7 Å². The molecule has 0 unspecified atom stereocenters. The molecule has 0 aliphatic rings. The fraction of sp³-hybridized carbons (Fsp3) is 0.136. The van der Waals surface area contributed by atoms with E-state index in [2.05, 4.69) is 10.6 Å². The highest BCUT2D eigenvalue weighted by Crippen LogP contribution is 2.18. The van der Waals surface area contributed by atoms with E-state index in [1.54, 1.807) is 24.3 Å². The van der Waals surface area contributed by atoms with Gasteiger partial charge in [0, 0.05) is 6.54 Å². The van der Waals surface area contributed by atoms with Crippen LogP contribution in [0.2, 0.25) is 0 Å². The maximum absolute atomic E-state index is 12.2. The van der Waals surface area contributed by atoms with Gasteiger partial charge in [-0.15, -0.1) is 0 Å². The van der Waals surface area contributed by atoms with Crippen LogP contribution in [-0.2, 0) is 22.6 Å². The molecule has 0 saturated carbocycles. The molecule has 0 bridgehead atoms. The standard InChI is InChI=1S/C22H19N3O2/c23-13-16-8-10-17(11-9-16)14-24-22(27)15-25-21(26)12-19-6-3-5-18-4-1-2-7-20(18)19/h1-11H,12,14-15H2,(H,24,27)(H,25,26). The highest BCUT2D eigenvalue weighted by molar-refractivity contribution is 5.91. The Labute approximate surface area is 157 Å². The zero-order valence-corrected chi connectivity index (χ0v) is 14.7. The number of hydrogen-bond acceptors (Lipinski definition) is 3. The van der Waals surface area contributed by atoms with Gasteiger partial charge < -0.3 is 10.6 Å². The lowest BCUT2D eigenvalue weighted by Crippen LogP contribution is -2.37. The summed E-state index contributed by atoms with van der Waals surface area (Å²) < 4.78 is 0. The molecule has 0 fully saturated rings. The Bertz CT molecular complexity index is 999. The van der Waals surface area contributed by atoms with Gasteiger partial charge in [-0.1, -0.05) is 54.6 Å². The summed E-state index contributed by atoms with van der Waals surface area (Å²) in [6.07, 6.45) is 0.226. The molecule has 0 heterocycles. The molecule has 0 aromatic heterocycles. The van der Waals surface area contributed by atoms with E-state index < -0.39 is 0 Å². The van der Waals surface area contributed by atoms with E-state index in [1.807, 2.05) is 48.5 Å². The van der Waals surface area contributed by atoms with Gasteiger partial charge in [-0.3, -0.25) is 9.59 Å². The van der Waals surface area contributed by atoms with Crippen LogP contribution < -0.4 is 10.6 Å². The molecule has 3 aromatic carbocycles. The van der Waals surface area contributed by atoms with E-state index in [0.717, 1.165) is 21.9 Å². The van der Waals surface area contributed by atoms with Crippen molar-refractivity contribution in [3.63, 3.8) is 0 Å². The summed E-state index contributed by atoms with van der Waals surface area (Å²) in [4.78, 5) is 24.1. The molecule has 27 heavy (non-hydrogen) atoms. The molecule has 3 rings (SSSR count). The number of nitrogens with zero attached hydrogens (tertiary/aromatic N) is 1. The Kier molecular flexibility index (Phi) is 5.80. The Morgan fingerprint density at radius 1 is 0.852 bits per heavy atom. The molecular weight excluding hydrogens is 338 g/mol. The number of hydrogen-bond donors (Lipinski definition) is 2. The van der Waals surface area contributed by atoms with E-state index in [0.29, 0.717) is 12.1 Å². The number of carbonyl (C=O) groups is 2. The van der Waals surface area contributed by atoms with E-state index in [1.165, 1.54) is 0 Å². The van der Waals surface area contributed by atoms with Crippen LogP contribution in [0.5, 0.6) is 0 Å². The summed E-state index contributed by atoms with van der Waals surface area (Å²) in [6, 6.07) is 22.8. The average Bonchev–Trinajstić information content (AvgIpc) is 2.71. The highest BCUT2D eigenvalue weighted by Gasteiger charge is 2.09. The second-order valence-corrected chi connectivity index (χ2v) is 6.18. The molecule has 0 saturated heterocycles. The first-order valence-corrected chi connectivity index (χ1v) is 8.65. The maximum atomic E-state index is 12.2. The molecule has 3 aromatic rings. The van der Waals surface area contributed by atoms with Crippen LogP contribution >= 0.6 is 0 Å². The van der Waals surface area contributed by atoms with E-state index in [9.17, 15) is 9.59 Å². The second-order valence-electron chi connectivity index (χ2n) is 6.18. The first-order valence-electron chi connectivity index (χ1n) is 8.65. The molecule has 0 radical (unpaired) electrons. The van der Waals surface area contributed by atoms with Crippen molar-refractivity contribution in [1.29, 1.82) is 5.26 Å². The third kappa shape index (κ3) is 4.93.